The van der Waals surface area contributed by atoms with Crippen LogP contribution < -0.4 is 0 Å². The van der Waals surface area contributed by atoms with Crippen LogP contribution >= 0.6 is 23.3 Å². The van der Waals surface area contributed by atoms with Gasteiger partial charge < -0.3 is 0 Å². The van der Waals surface area contributed by atoms with Crippen LogP contribution in [0.15, 0.2) is 23.1 Å². The van der Waals surface area contributed by atoms with Crippen LogP contribution in [0.4, 0.5) is 0 Å². The van der Waals surface area contributed by atoms with Crippen LogP contribution in [-0.2, 0) is 0 Å². The first-order valence-corrected chi connectivity index (χ1v) is 5.16. The molecule has 0 saturated heterocycles. The lowest BCUT2D eigenvalue weighted by Crippen LogP contribution is -1.70. The van der Waals surface area contributed by atoms with E-state index in [2.05, 4.69) is 21.9 Å². The highest BCUT2D eigenvalue weighted by Gasteiger charge is 2.01. The number of fused-ring (bicyclic) bond motifs is 1. The third-order valence-electron chi connectivity index (χ3n) is 1.46. The summed E-state index contributed by atoms with van der Waals surface area (Å²) < 4.78 is 5.08. The van der Waals surface area contributed by atoms with Crippen molar-refractivity contribution >= 4 is 33.5 Å². The molecule has 0 spiro atoms. The van der Waals surface area contributed by atoms with Crippen LogP contribution in [0.5, 0.6) is 0 Å². The smallest absolute Gasteiger partial charge is 0.107 e. The molecule has 0 atom stereocenters. The van der Waals surface area contributed by atoms with Crippen LogP contribution in [0, 0.1) is 0 Å². The second-order valence-corrected chi connectivity index (χ2v) is 3.68. The number of thioether (sulfide) groups is 1. The van der Waals surface area contributed by atoms with E-state index < -0.39 is 0 Å². The average molecular weight is 182 g/mol. The van der Waals surface area contributed by atoms with Crippen molar-refractivity contribution < 1.29 is 0 Å². The molecule has 56 valence electrons. The molecule has 1 aromatic heterocycles. The fourth-order valence-corrected chi connectivity index (χ4v) is 2.38. The van der Waals surface area contributed by atoms with E-state index in [-0.39, 0.29) is 0 Å². The predicted molar refractivity (Wildman–Crippen MR) is 49.2 cm³/mol. The molecular formula is C7H6N2S2. The Hall–Kier alpha value is -0.610. The maximum absolute atomic E-state index is 3.98. The molecular weight excluding hydrogens is 176 g/mol. The lowest BCUT2D eigenvalue weighted by molar-refractivity contribution is 1.20. The topological polar surface area (TPSA) is 25.8 Å². The second-order valence-electron chi connectivity index (χ2n) is 2.08. The number of benzene rings is 1. The Morgan fingerprint density at radius 2 is 2.36 bits per heavy atom. The Balaban J connectivity index is 2.79. The molecule has 0 N–H and O–H groups in total. The van der Waals surface area contributed by atoms with E-state index in [4.69, 9.17) is 0 Å². The fraction of sp³-hybridized carbons (Fsp3) is 0.143. The molecule has 4 heteroatoms. The highest BCUT2D eigenvalue weighted by Crippen LogP contribution is 2.26. The molecule has 11 heavy (non-hydrogen) atoms. The molecule has 2 rings (SSSR count). The minimum Gasteiger partial charge on any atom is -0.138 e. The molecule has 0 radical (unpaired) electrons. The number of hydrogen-bond donors (Lipinski definition) is 0. The largest absolute Gasteiger partial charge is 0.138 e. The SMILES string of the molecule is CSc1cccc2nnsc12. The molecule has 2 aromatic rings. The minimum atomic E-state index is 1.00. The Labute approximate surface area is 72.8 Å². The van der Waals surface area contributed by atoms with Crippen molar-refractivity contribution in [3.8, 4) is 0 Å². The summed E-state index contributed by atoms with van der Waals surface area (Å²) in [5.41, 5.74) is 1.00. The molecule has 0 saturated carbocycles. The van der Waals surface area contributed by atoms with Gasteiger partial charge in [-0.3, -0.25) is 0 Å². The Bertz CT molecular complexity index is 369. The van der Waals surface area contributed by atoms with Crippen molar-refractivity contribution in [2.24, 2.45) is 0 Å². The summed E-state index contributed by atoms with van der Waals surface area (Å²) in [7, 11) is 0. The first kappa shape index (κ1) is 7.06. The summed E-state index contributed by atoms with van der Waals surface area (Å²) in [4.78, 5) is 1.26. The van der Waals surface area contributed by atoms with Crippen LogP contribution in [0.2, 0.25) is 0 Å². The van der Waals surface area contributed by atoms with Gasteiger partial charge in [0.25, 0.3) is 0 Å². The van der Waals surface area contributed by atoms with Crippen molar-refractivity contribution in [3.63, 3.8) is 0 Å². The quantitative estimate of drug-likeness (QED) is 0.633. The first-order valence-electron chi connectivity index (χ1n) is 3.17. The lowest BCUT2D eigenvalue weighted by Gasteiger charge is -1.93. The maximum Gasteiger partial charge on any atom is 0.107 e. The standard InChI is InChI=1S/C7H6N2S2/c1-10-6-4-2-3-5-7(6)11-9-8-5/h2-4H,1H3. The molecule has 2 nitrogen and oxygen atoms in total. The van der Waals surface area contributed by atoms with Crippen molar-refractivity contribution in [1.82, 2.24) is 9.59 Å². The summed E-state index contributed by atoms with van der Waals surface area (Å²) in [6, 6.07) is 6.08. The van der Waals surface area contributed by atoms with E-state index >= 15 is 0 Å². The van der Waals surface area contributed by atoms with E-state index in [1.54, 1.807) is 11.8 Å². The number of rotatable bonds is 1. The summed E-state index contributed by atoms with van der Waals surface area (Å²) >= 11 is 3.19. The van der Waals surface area contributed by atoms with Crippen LogP contribution in [0.25, 0.3) is 10.2 Å². The zero-order chi connectivity index (χ0) is 7.68. The normalized spacial score (nSPS) is 10.6. The van der Waals surface area contributed by atoms with Crippen LogP contribution in [-0.4, -0.2) is 15.8 Å². The highest BCUT2D eigenvalue weighted by atomic mass is 32.2. The Morgan fingerprint density at radius 3 is 3.18 bits per heavy atom. The van der Waals surface area contributed by atoms with E-state index in [0.717, 1.165) is 5.52 Å². The summed E-state index contributed by atoms with van der Waals surface area (Å²) in [6.07, 6.45) is 2.06. The van der Waals surface area contributed by atoms with Gasteiger partial charge in [0, 0.05) is 4.90 Å². The molecule has 0 bridgehead atoms. The summed E-state index contributed by atoms with van der Waals surface area (Å²) in [6.45, 7) is 0. The lowest BCUT2D eigenvalue weighted by atomic mass is 10.3. The molecule has 0 amide bonds. The number of hydrogen-bond acceptors (Lipinski definition) is 4. The predicted octanol–water partition coefficient (Wildman–Crippen LogP) is 2.41. The number of aromatic nitrogens is 2. The van der Waals surface area contributed by atoms with E-state index in [1.165, 1.54) is 21.1 Å². The van der Waals surface area contributed by atoms with Gasteiger partial charge >= 0.3 is 0 Å². The average Bonchev–Trinajstić information content (AvgIpc) is 2.50. The fourth-order valence-electron chi connectivity index (χ4n) is 0.941. The van der Waals surface area contributed by atoms with Crippen LogP contribution in [0.1, 0.15) is 0 Å². The van der Waals surface area contributed by atoms with Gasteiger partial charge in [0.2, 0.25) is 0 Å². The van der Waals surface area contributed by atoms with Gasteiger partial charge in [0.05, 0.1) is 4.70 Å². The monoisotopic (exact) mass is 182 g/mol. The Morgan fingerprint density at radius 1 is 1.45 bits per heavy atom. The van der Waals surface area contributed by atoms with Gasteiger partial charge in [-0.2, -0.15) is 0 Å². The third kappa shape index (κ3) is 1.12. The molecule has 1 aromatic carbocycles. The Kier molecular flexibility index (Phi) is 1.79. The molecule has 0 unspecified atom stereocenters. The van der Waals surface area contributed by atoms with Crippen molar-refractivity contribution in [2.75, 3.05) is 6.26 Å². The molecule has 1 heterocycles. The van der Waals surface area contributed by atoms with Gasteiger partial charge in [-0.25, -0.2) is 0 Å². The van der Waals surface area contributed by atoms with Crippen molar-refractivity contribution in [2.45, 2.75) is 4.90 Å². The van der Waals surface area contributed by atoms with E-state index in [9.17, 15) is 0 Å². The van der Waals surface area contributed by atoms with Gasteiger partial charge in [0.15, 0.2) is 0 Å². The highest BCUT2D eigenvalue weighted by molar-refractivity contribution is 7.99. The summed E-state index contributed by atoms with van der Waals surface area (Å²) in [5, 5.41) is 3.98. The van der Waals surface area contributed by atoms with Gasteiger partial charge in [-0.1, -0.05) is 10.6 Å². The minimum absolute atomic E-state index is 1.00. The maximum atomic E-state index is 3.98. The zero-order valence-electron chi connectivity index (χ0n) is 5.94. The molecule has 0 aliphatic rings. The second kappa shape index (κ2) is 2.79. The number of nitrogens with zero attached hydrogens (tertiary/aromatic N) is 2. The van der Waals surface area contributed by atoms with Crippen LogP contribution in [0.3, 0.4) is 0 Å². The van der Waals surface area contributed by atoms with E-state index in [0.29, 0.717) is 0 Å². The molecule has 0 fully saturated rings. The van der Waals surface area contributed by atoms with Gasteiger partial charge in [0.1, 0.15) is 5.52 Å². The molecule has 0 aliphatic carbocycles. The van der Waals surface area contributed by atoms with Crippen molar-refractivity contribution in [1.29, 1.82) is 0 Å². The first-order chi connectivity index (χ1) is 5.42. The third-order valence-corrected chi connectivity index (χ3v) is 3.14. The zero-order valence-corrected chi connectivity index (χ0v) is 7.58. The summed E-state index contributed by atoms with van der Waals surface area (Å²) in [5.74, 6) is 0. The van der Waals surface area contributed by atoms with Crippen molar-refractivity contribution in [3.05, 3.63) is 18.2 Å². The molecule has 0 aliphatic heterocycles. The van der Waals surface area contributed by atoms with Gasteiger partial charge in [-0.05, 0) is 29.9 Å². The van der Waals surface area contributed by atoms with Gasteiger partial charge in [-0.15, -0.1) is 16.9 Å². The van der Waals surface area contributed by atoms with E-state index in [1.807, 2.05) is 12.1 Å².